The average Bonchev–Trinajstić information content (AvgIpc) is 2.88. The molecule has 0 aliphatic rings. The second-order valence-corrected chi connectivity index (χ2v) is 7.12. The predicted molar refractivity (Wildman–Crippen MR) is 102 cm³/mol. The number of nitrogens with zero attached hydrogens (tertiary/aromatic N) is 2. The highest BCUT2D eigenvalue weighted by molar-refractivity contribution is 7.98. The number of fused-ring (bicyclic) bond motifs is 1. The van der Waals surface area contributed by atoms with Crippen molar-refractivity contribution in [2.24, 2.45) is 0 Å². The van der Waals surface area contributed by atoms with Gasteiger partial charge in [-0.25, -0.2) is 9.78 Å². The molecule has 26 heavy (non-hydrogen) atoms. The summed E-state index contributed by atoms with van der Waals surface area (Å²) in [6, 6.07) is 4.91. The summed E-state index contributed by atoms with van der Waals surface area (Å²) in [5, 5.41) is 11.6. The molecule has 0 spiro atoms. The number of methoxy groups -OCH3 is 1. The number of rotatable bonds is 6. The lowest BCUT2D eigenvalue weighted by Crippen LogP contribution is -2.07. The lowest BCUT2D eigenvalue weighted by atomic mass is 10.1. The summed E-state index contributed by atoms with van der Waals surface area (Å²) >= 11 is 1.57. The summed E-state index contributed by atoms with van der Waals surface area (Å²) in [4.78, 5) is 16.6. The normalized spacial score (nSPS) is 11.4. The van der Waals surface area contributed by atoms with Crippen LogP contribution in [-0.2, 0) is 17.0 Å². The van der Waals surface area contributed by atoms with Crippen LogP contribution in [0.25, 0.3) is 11.0 Å². The van der Waals surface area contributed by atoms with Gasteiger partial charge in [0.15, 0.2) is 5.16 Å². The van der Waals surface area contributed by atoms with Crippen LogP contribution in [0.4, 0.5) is 0 Å². The second kappa shape index (κ2) is 7.55. The van der Waals surface area contributed by atoms with Gasteiger partial charge in [-0.15, -0.1) is 0 Å². The van der Waals surface area contributed by atoms with E-state index < -0.39 is 5.63 Å². The highest BCUT2D eigenvalue weighted by Gasteiger charge is 2.14. The van der Waals surface area contributed by atoms with Crippen molar-refractivity contribution in [1.29, 1.82) is 0 Å². The highest BCUT2D eigenvalue weighted by Crippen LogP contribution is 2.31. The summed E-state index contributed by atoms with van der Waals surface area (Å²) in [5.41, 5.74) is 3.55. The molecule has 2 aromatic heterocycles. The Kier molecular flexibility index (Phi) is 5.38. The molecule has 138 valence electrons. The zero-order chi connectivity index (χ0) is 18.8. The number of aromatic nitrogens is 2. The van der Waals surface area contributed by atoms with Crippen molar-refractivity contribution >= 4 is 22.7 Å². The number of aryl methyl sites for hydroxylation is 2. The first-order valence-electron chi connectivity index (χ1n) is 8.33. The lowest BCUT2D eigenvalue weighted by molar-refractivity contribution is 0.184. The number of benzene rings is 1. The van der Waals surface area contributed by atoms with Crippen molar-refractivity contribution in [3.63, 3.8) is 0 Å². The molecule has 3 aromatic rings. The van der Waals surface area contributed by atoms with Gasteiger partial charge in [0.2, 0.25) is 0 Å². The zero-order valence-corrected chi connectivity index (χ0v) is 16.1. The number of ether oxygens (including phenoxy) is 1. The molecule has 0 bridgehead atoms. The van der Waals surface area contributed by atoms with Gasteiger partial charge in [-0.05, 0) is 38.5 Å². The third-order valence-electron chi connectivity index (χ3n) is 4.52. The SMILES string of the molecule is COCCn1c(SCc2cc(=O)oc3c(C)c(O)ccc23)nc(C)c1C. The molecule has 0 fully saturated rings. The van der Waals surface area contributed by atoms with Crippen molar-refractivity contribution in [2.45, 2.75) is 38.2 Å². The molecule has 0 radical (unpaired) electrons. The first kappa shape index (κ1) is 18.5. The number of thioether (sulfide) groups is 1. The maximum absolute atomic E-state index is 12.0. The summed E-state index contributed by atoms with van der Waals surface area (Å²) in [7, 11) is 1.68. The molecule has 1 aromatic carbocycles. The molecule has 6 nitrogen and oxygen atoms in total. The standard InChI is InChI=1S/C19H22N2O4S/c1-11-16(22)6-5-15-14(9-17(23)25-18(11)15)10-26-19-20-12(2)13(3)21(19)7-8-24-4/h5-6,9,22H,7-8,10H2,1-4H3. The number of phenolic OH excluding ortho intramolecular Hbond substituents is 1. The number of phenols is 1. The summed E-state index contributed by atoms with van der Waals surface area (Å²) in [6.45, 7) is 7.11. The third kappa shape index (κ3) is 3.50. The number of imidazole rings is 1. The van der Waals surface area contributed by atoms with Crippen molar-refractivity contribution < 1.29 is 14.3 Å². The van der Waals surface area contributed by atoms with Crippen LogP contribution < -0.4 is 5.63 Å². The minimum atomic E-state index is -0.420. The highest BCUT2D eigenvalue weighted by atomic mass is 32.2. The van der Waals surface area contributed by atoms with Crippen LogP contribution in [0, 0.1) is 20.8 Å². The quantitative estimate of drug-likeness (QED) is 0.525. The molecule has 0 atom stereocenters. The predicted octanol–water partition coefficient (Wildman–Crippen LogP) is 3.56. The molecular weight excluding hydrogens is 352 g/mol. The van der Waals surface area contributed by atoms with Crippen LogP contribution in [0.5, 0.6) is 5.75 Å². The third-order valence-corrected chi connectivity index (χ3v) is 5.54. The van der Waals surface area contributed by atoms with Crippen LogP contribution in [0.2, 0.25) is 0 Å². The van der Waals surface area contributed by atoms with Gasteiger partial charge in [-0.1, -0.05) is 11.8 Å². The molecule has 0 saturated heterocycles. The van der Waals surface area contributed by atoms with E-state index in [1.807, 2.05) is 13.8 Å². The van der Waals surface area contributed by atoms with E-state index in [4.69, 9.17) is 9.15 Å². The Morgan fingerprint density at radius 2 is 2.08 bits per heavy atom. The van der Waals surface area contributed by atoms with E-state index >= 15 is 0 Å². The molecule has 0 aliphatic carbocycles. The van der Waals surface area contributed by atoms with Crippen LogP contribution >= 0.6 is 11.8 Å². The fourth-order valence-corrected chi connectivity index (χ4v) is 3.97. The summed E-state index contributed by atoms with van der Waals surface area (Å²) < 4.78 is 12.6. The van der Waals surface area contributed by atoms with Crippen LogP contribution in [-0.4, -0.2) is 28.4 Å². The first-order chi connectivity index (χ1) is 12.4. The molecule has 2 heterocycles. The van der Waals surface area contributed by atoms with Crippen molar-refractivity contribution in [3.05, 3.63) is 51.1 Å². The molecule has 0 saturated carbocycles. The average molecular weight is 374 g/mol. The Labute approximate surface area is 155 Å². The number of aromatic hydroxyl groups is 1. The largest absolute Gasteiger partial charge is 0.508 e. The van der Waals surface area contributed by atoms with Crippen LogP contribution in [0.15, 0.2) is 32.6 Å². The number of hydrogen-bond acceptors (Lipinski definition) is 6. The smallest absolute Gasteiger partial charge is 0.336 e. The van der Waals surface area contributed by atoms with Gasteiger partial charge < -0.3 is 18.8 Å². The van der Waals surface area contributed by atoms with Gasteiger partial charge in [0.05, 0.1) is 12.3 Å². The lowest BCUT2D eigenvalue weighted by Gasteiger charge is -2.10. The van der Waals surface area contributed by atoms with E-state index in [0.29, 0.717) is 23.5 Å². The molecular formula is C19H22N2O4S. The van der Waals surface area contributed by atoms with E-state index in [9.17, 15) is 9.90 Å². The van der Waals surface area contributed by atoms with Gasteiger partial charge in [0.1, 0.15) is 11.3 Å². The van der Waals surface area contributed by atoms with Gasteiger partial charge in [0.25, 0.3) is 0 Å². The molecule has 7 heteroatoms. The summed E-state index contributed by atoms with van der Waals surface area (Å²) in [6.07, 6.45) is 0. The Morgan fingerprint density at radius 1 is 1.31 bits per heavy atom. The Hall–Kier alpha value is -2.25. The fourth-order valence-electron chi connectivity index (χ4n) is 2.86. The molecule has 3 rings (SSSR count). The van der Waals surface area contributed by atoms with Gasteiger partial charge in [-0.2, -0.15) is 0 Å². The van der Waals surface area contributed by atoms with Crippen molar-refractivity contribution in [2.75, 3.05) is 13.7 Å². The second-order valence-electron chi connectivity index (χ2n) is 6.18. The van der Waals surface area contributed by atoms with Gasteiger partial charge in [-0.3, -0.25) is 0 Å². The summed E-state index contributed by atoms with van der Waals surface area (Å²) in [5.74, 6) is 0.696. The molecule has 1 N–H and O–H groups in total. The molecule has 0 amide bonds. The Morgan fingerprint density at radius 3 is 2.81 bits per heavy atom. The van der Waals surface area contributed by atoms with Gasteiger partial charge >= 0.3 is 5.63 Å². The maximum atomic E-state index is 12.0. The van der Waals surface area contributed by atoms with Crippen molar-refractivity contribution in [1.82, 2.24) is 9.55 Å². The van der Waals surface area contributed by atoms with Crippen molar-refractivity contribution in [3.8, 4) is 5.75 Å². The van der Waals surface area contributed by atoms with Crippen LogP contribution in [0.1, 0.15) is 22.5 Å². The monoisotopic (exact) mass is 374 g/mol. The van der Waals surface area contributed by atoms with E-state index in [1.165, 1.54) is 6.07 Å². The first-order valence-corrected chi connectivity index (χ1v) is 9.31. The maximum Gasteiger partial charge on any atom is 0.336 e. The minimum Gasteiger partial charge on any atom is -0.508 e. The van der Waals surface area contributed by atoms with Crippen LogP contribution in [0.3, 0.4) is 0 Å². The zero-order valence-electron chi connectivity index (χ0n) is 15.3. The van der Waals surface area contributed by atoms with E-state index in [2.05, 4.69) is 9.55 Å². The topological polar surface area (TPSA) is 77.5 Å². The number of hydrogen-bond donors (Lipinski definition) is 1. The Balaban J connectivity index is 1.95. The fraction of sp³-hybridized carbons (Fsp3) is 0.368. The molecule has 0 unspecified atom stereocenters. The Bertz CT molecular complexity index is 1010. The molecule has 0 aliphatic heterocycles. The van der Waals surface area contributed by atoms with E-state index in [1.54, 1.807) is 37.9 Å². The van der Waals surface area contributed by atoms with E-state index in [0.717, 1.165) is 34.0 Å². The van der Waals surface area contributed by atoms with E-state index in [-0.39, 0.29) is 5.75 Å². The minimum absolute atomic E-state index is 0.117. The van der Waals surface area contributed by atoms with Gasteiger partial charge in [0, 0.05) is 42.1 Å².